The molecule has 2 aromatic heterocycles. The van der Waals surface area contributed by atoms with Crippen LogP contribution < -0.4 is 10.6 Å². The largest absolute Gasteiger partial charge is 0.383 e. The van der Waals surface area contributed by atoms with Crippen molar-refractivity contribution < 1.29 is 4.79 Å². The van der Waals surface area contributed by atoms with Gasteiger partial charge in [-0.05, 0) is 32.6 Å². The number of pyridine rings is 1. The molecule has 0 aromatic carbocycles. The molecule has 0 aliphatic rings. The molecule has 0 fully saturated rings. The summed E-state index contributed by atoms with van der Waals surface area (Å²) in [4.78, 5) is 22.4. The van der Waals surface area contributed by atoms with E-state index in [0.717, 1.165) is 22.8 Å². The van der Waals surface area contributed by atoms with E-state index in [1.54, 1.807) is 11.6 Å². The number of amides is 1. The predicted octanol–water partition coefficient (Wildman–Crippen LogP) is 1.75. The van der Waals surface area contributed by atoms with Gasteiger partial charge in [-0.25, -0.2) is 4.98 Å². The smallest absolute Gasteiger partial charge is 0.270 e. The van der Waals surface area contributed by atoms with Crippen molar-refractivity contribution in [3.8, 4) is 0 Å². The second kappa shape index (κ2) is 7.86. The summed E-state index contributed by atoms with van der Waals surface area (Å²) in [5, 5.41) is 8.89. The van der Waals surface area contributed by atoms with E-state index in [1.807, 2.05) is 38.2 Å². The van der Waals surface area contributed by atoms with Gasteiger partial charge in [-0.15, -0.1) is 11.3 Å². The zero-order chi connectivity index (χ0) is 15.9. The Labute approximate surface area is 134 Å². The number of hydrogen-bond donors (Lipinski definition) is 2. The summed E-state index contributed by atoms with van der Waals surface area (Å²) in [6.45, 7) is 3.95. The van der Waals surface area contributed by atoms with Crippen molar-refractivity contribution in [1.29, 1.82) is 0 Å². The summed E-state index contributed by atoms with van der Waals surface area (Å²) in [7, 11) is 3.96. The fourth-order valence-electron chi connectivity index (χ4n) is 1.89. The average molecular weight is 319 g/mol. The van der Waals surface area contributed by atoms with E-state index in [1.165, 1.54) is 11.3 Å². The number of anilines is 1. The second-order valence-electron chi connectivity index (χ2n) is 5.24. The van der Waals surface area contributed by atoms with Crippen molar-refractivity contribution in [1.82, 2.24) is 20.2 Å². The summed E-state index contributed by atoms with van der Waals surface area (Å²) < 4.78 is 0. The minimum absolute atomic E-state index is 0.130. The van der Waals surface area contributed by atoms with Crippen LogP contribution >= 0.6 is 11.3 Å². The van der Waals surface area contributed by atoms with E-state index in [2.05, 4.69) is 20.6 Å². The molecule has 1 amide bonds. The number of nitrogens with one attached hydrogen (secondary N) is 2. The Morgan fingerprint density at radius 2 is 2.18 bits per heavy atom. The highest BCUT2D eigenvalue weighted by Crippen LogP contribution is 2.12. The van der Waals surface area contributed by atoms with Crippen molar-refractivity contribution in [2.45, 2.75) is 13.5 Å². The third-order valence-corrected chi connectivity index (χ3v) is 3.82. The first-order chi connectivity index (χ1) is 10.6. The van der Waals surface area contributed by atoms with Crippen LogP contribution in [0.15, 0.2) is 23.8 Å². The zero-order valence-electron chi connectivity index (χ0n) is 13.1. The van der Waals surface area contributed by atoms with Gasteiger partial charge in [-0.3, -0.25) is 9.78 Å². The summed E-state index contributed by atoms with van der Waals surface area (Å²) in [5.74, 6) is -0.130. The average Bonchev–Trinajstić information content (AvgIpc) is 2.93. The van der Waals surface area contributed by atoms with E-state index in [4.69, 9.17) is 0 Å². The molecule has 0 saturated heterocycles. The van der Waals surface area contributed by atoms with Gasteiger partial charge < -0.3 is 15.5 Å². The van der Waals surface area contributed by atoms with Crippen molar-refractivity contribution in [2.24, 2.45) is 0 Å². The van der Waals surface area contributed by atoms with E-state index in [0.29, 0.717) is 18.8 Å². The molecule has 2 aromatic rings. The van der Waals surface area contributed by atoms with Crippen LogP contribution in [-0.2, 0) is 6.54 Å². The highest BCUT2D eigenvalue weighted by Gasteiger charge is 2.10. The van der Waals surface area contributed by atoms with Crippen molar-refractivity contribution in [3.05, 3.63) is 40.1 Å². The summed E-state index contributed by atoms with van der Waals surface area (Å²) in [6.07, 6.45) is 3.55. The maximum absolute atomic E-state index is 12.0. The molecule has 2 rings (SSSR count). The Bertz CT molecular complexity index is 626. The second-order valence-corrected chi connectivity index (χ2v) is 6.18. The number of aryl methyl sites for hydroxylation is 1. The number of carbonyl (C=O) groups is 1. The van der Waals surface area contributed by atoms with Gasteiger partial charge in [0.1, 0.15) is 10.7 Å². The van der Waals surface area contributed by atoms with Gasteiger partial charge >= 0.3 is 0 Å². The van der Waals surface area contributed by atoms with E-state index >= 15 is 0 Å². The van der Waals surface area contributed by atoms with Crippen LogP contribution in [0.4, 0.5) is 5.69 Å². The molecule has 0 aliphatic carbocycles. The molecule has 0 atom stereocenters. The summed E-state index contributed by atoms with van der Waals surface area (Å²) >= 11 is 1.51. The lowest BCUT2D eigenvalue weighted by atomic mass is 10.2. The molecule has 7 heteroatoms. The van der Waals surface area contributed by atoms with Gasteiger partial charge in [0.05, 0.1) is 0 Å². The lowest BCUT2D eigenvalue weighted by molar-refractivity contribution is 0.0950. The van der Waals surface area contributed by atoms with Crippen LogP contribution in [0.1, 0.15) is 21.1 Å². The van der Waals surface area contributed by atoms with Gasteiger partial charge in [0, 0.05) is 43.1 Å². The van der Waals surface area contributed by atoms with Crippen LogP contribution in [0.3, 0.4) is 0 Å². The lowest BCUT2D eigenvalue weighted by Gasteiger charge is -2.09. The van der Waals surface area contributed by atoms with Crippen LogP contribution in [0.5, 0.6) is 0 Å². The maximum atomic E-state index is 12.0. The summed E-state index contributed by atoms with van der Waals surface area (Å²) in [5.41, 5.74) is 2.61. The Kier molecular flexibility index (Phi) is 5.85. The Balaban J connectivity index is 1.76. The topological polar surface area (TPSA) is 70.2 Å². The molecule has 118 valence electrons. The highest BCUT2D eigenvalue weighted by molar-refractivity contribution is 7.09. The number of nitrogens with zero attached hydrogens (tertiary/aromatic N) is 3. The van der Waals surface area contributed by atoms with Crippen LogP contribution in [0.25, 0.3) is 0 Å². The number of carbonyl (C=O) groups excluding carboxylic acids is 1. The standard InChI is InChI=1S/C15H21N5OS/c1-11-8-16-5-4-12(11)17-6-7-18-15(21)13-10-22-14(19-13)9-20(2)3/h4-5,8,10H,6-7,9H2,1-3H3,(H,16,17)(H,18,21). The first-order valence-electron chi connectivity index (χ1n) is 7.08. The maximum Gasteiger partial charge on any atom is 0.270 e. The third kappa shape index (κ3) is 4.78. The molecule has 0 bridgehead atoms. The van der Waals surface area contributed by atoms with Crippen LogP contribution in [0, 0.1) is 6.92 Å². The molecule has 6 nitrogen and oxygen atoms in total. The van der Waals surface area contributed by atoms with Crippen molar-refractivity contribution >= 4 is 22.9 Å². The monoisotopic (exact) mass is 319 g/mol. The van der Waals surface area contributed by atoms with E-state index < -0.39 is 0 Å². The van der Waals surface area contributed by atoms with Crippen LogP contribution in [0.2, 0.25) is 0 Å². The predicted molar refractivity (Wildman–Crippen MR) is 89.3 cm³/mol. The molecule has 0 saturated carbocycles. The van der Waals surface area contributed by atoms with Crippen LogP contribution in [-0.4, -0.2) is 48.0 Å². The minimum atomic E-state index is -0.130. The molecule has 0 aliphatic heterocycles. The highest BCUT2D eigenvalue weighted by atomic mass is 32.1. The Morgan fingerprint density at radius 1 is 1.36 bits per heavy atom. The molecule has 0 radical (unpaired) electrons. The SMILES string of the molecule is Cc1cnccc1NCCNC(=O)c1csc(CN(C)C)n1. The minimum Gasteiger partial charge on any atom is -0.383 e. The zero-order valence-corrected chi connectivity index (χ0v) is 13.9. The third-order valence-electron chi connectivity index (χ3n) is 2.98. The van der Waals surface area contributed by atoms with E-state index in [-0.39, 0.29) is 5.91 Å². The molecule has 2 heterocycles. The quantitative estimate of drug-likeness (QED) is 0.761. The normalized spacial score (nSPS) is 10.7. The molecule has 2 N–H and O–H groups in total. The van der Waals surface area contributed by atoms with Gasteiger partial charge in [0.25, 0.3) is 5.91 Å². The van der Waals surface area contributed by atoms with Gasteiger partial charge in [-0.1, -0.05) is 0 Å². The fourth-order valence-corrected chi connectivity index (χ4v) is 2.79. The molecule has 22 heavy (non-hydrogen) atoms. The number of aromatic nitrogens is 2. The molecule has 0 spiro atoms. The van der Waals surface area contributed by atoms with Gasteiger partial charge in [0.2, 0.25) is 0 Å². The molecular formula is C15H21N5OS. The first kappa shape index (κ1) is 16.4. The Morgan fingerprint density at radius 3 is 2.91 bits per heavy atom. The molecular weight excluding hydrogens is 298 g/mol. The van der Waals surface area contributed by atoms with Crippen molar-refractivity contribution in [3.63, 3.8) is 0 Å². The number of hydrogen-bond acceptors (Lipinski definition) is 6. The Hall–Kier alpha value is -1.99. The number of rotatable bonds is 7. The van der Waals surface area contributed by atoms with Gasteiger partial charge in [-0.2, -0.15) is 0 Å². The van der Waals surface area contributed by atoms with Crippen molar-refractivity contribution in [2.75, 3.05) is 32.5 Å². The first-order valence-corrected chi connectivity index (χ1v) is 7.96. The lowest BCUT2D eigenvalue weighted by Crippen LogP contribution is -2.29. The summed E-state index contributed by atoms with van der Waals surface area (Å²) in [6, 6.07) is 1.92. The molecule has 0 unspecified atom stereocenters. The van der Waals surface area contributed by atoms with Gasteiger partial charge in [0.15, 0.2) is 0 Å². The number of thiazole rings is 1. The van der Waals surface area contributed by atoms with E-state index in [9.17, 15) is 4.79 Å². The fraction of sp³-hybridized carbons (Fsp3) is 0.400.